The van der Waals surface area contributed by atoms with Crippen molar-refractivity contribution in [2.45, 2.75) is 144 Å². The Morgan fingerprint density at radius 1 is 0.156 bits per heavy atom. The van der Waals surface area contributed by atoms with Crippen molar-refractivity contribution in [2.75, 3.05) is 0 Å². The summed E-state index contributed by atoms with van der Waals surface area (Å²) in [4.78, 5) is 41.0. The molecule has 135 heavy (non-hydrogen) atoms. The largest absolute Gasteiger partial charge is 0.252 e. The van der Waals surface area contributed by atoms with Gasteiger partial charge < -0.3 is 0 Å². The van der Waals surface area contributed by atoms with E-state index >= 15 is 0 Å². The number of hydrogen-bond donors (Lipinski definition) is 0. The van der Waals surface area contributed by atoms with Gasteiger partial charge in [-0.25, -0.2) is 19.9 Å². The summed E-state index contributed by atoms with van der Waals surface area (Å²) in [5.41, 5.74) is 53.3. The van der Waals surface area contributed by atoms with E-state index in [1.165, 1.54) is 128 Å². The second-order valence-electron chi connectivity index (χ2n) is 37.9. The van der Waals surface area contributed by atoms with Crippen LogP contribution >= 0.6 is 0 Å². The second kappa shape index (κ2) is 40.8. The van der Waals surface area contributed by atoms with Gasteiger partial charge in [0, 0.05) is 66.8 Å². The lowest BCUT2D eigenvalue weighted by Crippen LogP contribution is -2.13. The molecule has 0 N–H and O–H groups in total. The van der Waals surface area contributed by atoms with E-state index in [-0.39, 0.29) is 5.41 Å². The maximum atomic E-state index is 5.26. The predicted molar refractivity (Wildman–Crippen MR) is 569 cm³/mol. The number of benzene rings is 15. The fraction of sp³-hybridized carbons (Fsp3) is 0.165. The molecule has 0 fully saturated rings. The van der Waals surface area contributed by atoms with Crippen molar-refractivity contribution < 1.29 is 0 Å². The molecular formula is C127H118N8. The Balaban J connectivity index is 0.000000131. The summed E-state index contributed by atoms with van der Waals surface area (Å²) >= 11 is 0. The van der Waals surface area contributed by atoms with E-state index in [4.69, 9.17) is 39.9 Å². The highest BCUT2D eigenvalue weighted by atomic mass is 14.9. The molecule has 19 aromatic rings. The van der Waals surface area contributed by atoms with Gasteiger partial charge in [0.2, 0.25) is 0 Å². The third kappa shape index (κ3) is 22.5. The number of aromatic nitrogens is 8. The van der Waals surface area contributed by atoms with Crippen molar-refractivity contribution >= 4 is 0 Å². The van der Waals surface area contributed by atoms with Gasteiger partial charge in [0.05, 0.1) is 93.1 Å². The van der Waals surface area contributed by atoms with E-state index in [0.29, 0.717) is 0 Å². The Morgan fingerprint density at radius 3 is 0.719 bits per heavy atom. The molecule has 0 amide bonds. The van der Waals surface area contributed by atoms with Crippen LogP contribution in [-0.2, 0) is 5.41 Å². The van der Waals surface area contributed by atoms with Crippen LogP contribution in [0.15, 0.2) is 352 Å². The molecule has 19 rings (SSSR count). The van der Waals surface area contributed by atoms with Gasteiger partial charge in [-0.05, 0) is 277 Å². The van der Waals surface area contributed by atoms with Crippen molar-refractivity contribution in [3.63, 3.8) is 0 Å². The molecule has 0 atom stereocenters. The summed E-state index contributed by atoms with van der Waals surface area (Å²) in [6.07, 6.45) is 7.68. The van der Waals surface area contributed by atoms with Crippen LogP contribution in [0, 0.1) is 118 Å². The molecular weight excluding hydrogens is 1640 g/mol. The fourth-order valence-corrected chi connectivity index (χ4v) is 18.8. The Bertz CT molecular complexity index is 7420. The standard InChI is InChI=1S/C33H30N2.2C32H28N2.C30H32N2/c1-21-13-22(2)16-28(15-21)32-33(29-17-23(3)14-24(4)18-29)35-31(20-34-32)30-19-27(12-11-25(30)5)26-9-7-6-8-10-26;1-21-14-22(2)17-26(16-21)31-32(27-18-23(3)15-24(4)19-27)34-30(20-33-31)29-13-9-8-12-28(29)25-10-6-5-7-11-25;1-21-13-22(2)16-28(15-21)31-32(29-17-23(3)14-24(4)18-29)34-30(20-33-31)27-12-8-11-26(19-27)25-9-6-5-7-10-25;1-19-12-20(2)15-23(14-19)28-29(24-16-21(3)13-22(4)17-24)32-27(18-31-28)25-10-8-9-11-26(25)30(5,6)7/h6-20H,1-5H3;2*5-20H,1-4H3;8-18H,1-7H3. The second-order valence-corrected chi connectivity index (χ2v) is 37.9. The maximum absolute atomic E-state index is 5.26. The Kier molecular flexibility index (Phi) is 28.1. The summed E-state index contributed by atoms with van der Waals surface area (Å²) < 4.78 is 0. The van der Waals surface area contributed by atoms with E-state index < -0.39 is 0 Å². The van der Waals surface area contributed by atoms with Crippen molar-refractivity contribution in [3.8, 4) is 168 Å². The Hall–Kier alpha value is -15.4. The number of aryl methyl sites for hydroxylation is 17. The molecule has 15 aromatic carbocycles. The lowest BCUT2D eigenvalue weighted by molar-refractivity contribution is 0.591. The van der Waals surface area contributed by atoms with Crippen LogP contribution in [0.5, 0.6) is 0 Å². The molecule has 0 aliphatic heterocycles. The number of rotatable bonds is 15. The highest BCUT2D eigenvalue weighted by Crippen LogP contribution is 2.43. The number of nitrogens with zero attached hydrogens (tertiary/aromatic N) is 8. The van der Waals surface area contributed by atoms with Gasteiger partial charge in [0.15, 0.2) is 0 Å². The minimum Gasteiger partial charge on any atom is -0.252 e. The molecule has 0 saturated carbocycles. The van der Waals surface area contributed by atoms with Gasteiger partial charge in [-0.15, -0.1) is 0 Å². The van der Waals surface area contributed by atoms with Crippen LogP contribution < -0.4 is 0 Å². The predicted octanol–water partition coefficient (Wildman–Crippen LogP) is 33.5. The third-order valence-corrected chi connectivity index (χ3v) is 24.2. The van der Waals surface area contributed by atoms with Gasteiger partial charge in [0.1, 0.15) is 0 Å². The van der Waals surface area contributed by atoms with E-state index in [1.807, 2.05) is 43.0 Å². The first-order valence-corrected chi connectivity index (χ1v) is 46.7. The van der Waals surface area contributed by atoms with Crippen LogP contribution in [0.25, 0.3) is 168 Å². The average molecular weight is 1760 g/mol. The zero-order valence-corrected chi connectivity index (χ0v) is 81.6. The summed E-state index contributed by atoms with van der Waals surface area (Å²) in [5.74, 6) is 0. The molecule has 8 heteroatoms. The van der Waals surface area contributed by atoms with Crippen molar-refractivity contribution in [1.29, 1.82) is 0 Å². The topological polar surface area (TPSA) is 103 Å². The van der Waals surface area contributed by atoms with E-state index in [0.717, 1.165) is 141 Å². The van der Waals surface area contributed by atoms with Crippen molar-refractivity contribution in [3.05, 3.63) is 453 Å². The normalized spacial score (nSPS) is 11.1. The van der Waals surface area contributed by atoms with Crippen molar-refractivity contribution in [2.24, 2.45) is 0 Å². The summed E-state index contributed by atoms with van der Waals surface area (Å²) in [5, 5.41) is 0. The molecule has 0 saturated heterocycles. The molecule has 0 radical (unpaired) electrons. The maximum Gasteiger partial charge on any atom is 0.0972 e. The van der Waals surface area contributed by atoms with E-state index in [9.17, 15) is 0 Å². The molecule has 666 valence electrons. The molecule has 0 unspecified atom stereocenters. The van der Waals surface area contributed by atoms with Gasteiger partial charge in [-0.3, -0.25) is 19.9 Å². The minimum absolute atomic E-state index is 0.0185. The zero-order chi connectivity index (χ0) is 94.9. The van der Waals surface area contributed by atoms with E-state index in [2.05, 4.69) is 448 Å². The van der Waals surface area contributed by atoms with Gasteiger partial charge in [-0.1, -0.05) is 328 Å². The third-order valence-electron chi connectivity index (χ3n) is 24.2. The van der Waals surface area contributed by atoms with Gasteiger partial charge in [-0.2, -0.15) is 0 Å². The monoisotopic (exact) mass is 1750 g/mol. The number of hydrogen-bond acceptors (Lipinski definition) is 8. The molecule has 0 bridgehead atoms. The lowest BCUT2D eigenvalue weighted by atomic mass is 9.83. The molecule has 0 spiro atoms. The SMILES string of the molecule is Cc1cc(C)cc(-c2ncc(-c3cc(-c4ccccc4)ccc3C)nc2-c2cc(C)cc(C)c2)c1.Cc1cc(C)cc(-c2ncc(-c3cccc(-c4ccccc4)c3)nc2-c2cc(C)cc(C)c2)c1.Cc1cc(C)cc(-c2ncc(-c3ccccc3-c3ccccc3)nc2-c2cc(C)cc(C)c2)c1.Cc1cc(C)cc(-c2ncc(-c3ccccc3C(C)(C)C)nc2-c2cc(C)cc(C)c2)c1. The molecule has 4 aromatic heterocycles. The summed E-state index contributed by atoms with van der Waals surface area (Å²) in [6, 6.07) is 116. The summed E-state index contributed by atoms with van der Waals surface area (Å²) in [6.45, 7) is 43.0. The molecule has 0 aliphatic carbocycles. The zero-order valence-electron chi connectivity index (χ0n) is 81.6. The van der Waals surface area contributed by atoms with Crippen molar-refractivity contribution in [1.82, 2.24) is 39.9 Å². The first-order chi connectivity index (χ1) is 64.9. The molecule has 8 nitrogen and oxygen atoms in total. The highest BCUT2D eigenvalue weighted by Gasteiger charge is 2.25. The highest BCUT2D eigenvalue weighted by molar-refractivity contribution is 5.89. The minimum atomic E-state index is 0.0185. The summed E-state index contributed by atoms with van der Waals surface area (Å²) in [7, 11) is 0. The Labute approximate surface area is 799 Å². The van der Waals surface area contributed by atoms with E-state index in [1.54, 1.807) is 0 Å². The quantitative estimate of drug-likeness (QED) is 0.1000. The first-order valence-electron chi connectivity index (χ1n) is 46.7. The average Bonchev–Trinajstić information content (AvgIpc) is 0.785. The molecule has 0 aliphatic rings. The van der Waals surface area contributed by atoms with Crippen LogP contribution in [0.1, 0.15) is 121 Å². The van der Waals surface area contributed by atoms with Crippen LogP contribution in [0.3, 0.4) is 0 Å². The lowest BCUT2D eigenvalue weighted by Gasteiger charge is -2.23. The Morgan fingerprint density at radius 2 is 0.393 bits per heavy atom. The first kappa shape index (κ1) is 92.9. The van der Waals surface area contributed by atoms with Gasteiger partial charge in [0.25, 0.3) is 0 Å². The smallest absolute Gasteiger partial charge is 0.0972 e. The molecule has 4 heterocycles. The van der Waals surface area contributed by atoms with Crippen LogP contribution in [-0.4, -0.2) is 39.9 Å². The fourth-order valence-electron chi connectivity index (χ4n) is 18.8. The van der Waals surface area contributed by atoms with Crippen LogP contribution in [0.4, 0.5) is 0 Å². The van der Waals surface area contributed by atoms with Gasteiger partial charge >= 0.3 is 0 Å². The van der Waals surface area contributed by atoms with Crippen LogP contribution in [0.2, 0.25) is 0 Å².